The predicted octanol–water partition coefficient (Wildman–Crippen LogP) is 12.6. The third-order valence-electron chi connectivity index (χ3n) is 13.5. The fraction of sp³-hybridized carbons (Fsp3) is 0.294. The number of hydrogen-bond acceptors (Lipinski definition) is 2. The van der Waals surface area contributed by atoms with Gasteiger partial charge in [0.05, 0.1) is 0 Å². The van der Waals surface area contributed by atoms with Crippen LogP contribution in [0.25, 0.3) is 56.0 Å². The molecule has 2 saturated carbocycles. The van der Waals surface area contributed by atoms with Crippen LogP contribution in [0.3, 0.4) is 0 Å². The number of allylic oxidation sites excluding steroid dienone is 2. The molecule has 2 nitrogen and oxygen atoms in total. The molecule has 0 aliphatic heterocycles. The molecule has 3 unspecified atom stereocenters. The third kappa shape index (κ3) is 5.85. The topological polar surface area (TPSA) is 40.5 Å². The summed E-state index contributed by atoms with van der Waals surface area (Å²) < 4.78 is 0.127. The molecular weight excluding hydrogens is 823 g/mol. The van der Waals surface area contributed by atoms with Gasteiger partial charge in [0.15, 0.2) is 0 Å². The number of fused-ring (bicyclic) bond motifs is 4. The molecule has 0 saturated heterocycles. The maximum atomic E-state index is 12.7. The summed E-state index contributed by atoms with van der Waals surface area (Å²) >= 11 is -3.36. The summed E-state index contributed by atoms with van der Waals surface area (Å²) in [5.41, 5.74) is 14.1. The van der Waals surface area contributed by atoms with E-state index in [1.54, 1.807) is 11.1 Å². The maximum absolute atomic E-state index is 12.7. The van der Waals surface area contributed by atoms with Gasteiger partial charge >= 0.3 is 330 Å². The number of aliphatic hydroxyl groups is 2. The van der Waals surface area contributed by atoms with Crippen LogP contribution in [-0.4, -0.2) is 20.7 Å². The number of rotatable bonds is 9. The Bertz CT molecular complexity index is 2250. The van der Waals surface area contributed by atoms with Crippen molar-refractivity contribution in [3.8, 4) is 22.3 Å². The molecule has 0 spiro atoms. The van der Waals surface area contributed by atoms with E-state index in [1.807, 2.05) is 0 Å². The molecule has 2 fully saturated rings. The summed E-state index contributed by atoms with van der Waals surface area (Å²) in [6, 6.07) is 45.2. The summed E-state index contributed by atoms with van der Waals surface area (Å²) in [4.78, 5) is 0. The molecule has 6 aromatic carbocycles. The van der Waals surface area contributed by atoms with E-state index in [0.717, 1.165) is 0 Å². The van der Waals surface area contributed by atoms with Gasteiger partial charge in [0.25, 0.3) is 0 Å². The van der Waals surface area contributed by atoms with Crippen molar-refractivity contribution in [3.05, 3.63) is 155 Å². The molecular formula is C51H49HfO2. The summed E-state index contributed by atoms with van der Waals surface area (Å²) in [7, 11) is 0. The first-order valence-corrected chi connectivity index (χ1v) is 26.7. The van der Waals surface area contributed by atoms with Crippen LogP contribution in [0.4, 0.5) is 0 Å². The molecule has 3 atom stereocenters. The van der Waals surface area contributed by atoms with Gasteiger partial charge in [-0.15, -0.1) is 0 Å². The molecule has 10 rings (SSSR count). The quantitative estimate of drug-likeness (QED) is 0.142. The first-order valence-electron chi connectivity index (χ1n) is 20.5. The predicted molar refractivity (Wildman–Crippen MR) is 222 cm³/mol. The van der Waals surface area contributed by atoms with Crippen molar-refractivity contribution in [3.63, 3.8) is 0 Å². The van der Waals surface area contributed by atoms with Crippen LogP contribution in [-0.2, 0) is 21.4 Å². The van der Waals surface area contributed by atoms with Gasteiger partial charge in [-0.25, -0.2) is 0 Å². The van der Waals surface area contributed by atoms with Crippen LogP contribution in [0, 0.1) is 11.8 Å². The monoisotopic (exact) mass is 873 g/mol. The zero-order valence-electron chi connectivity index (χ0n) is 31.1. The standard InChI is InChI=1S/2C24H21.C3H7O2.Hf/c2*1-2-8-17(7-1)20-15-19-11-6-14-23(24(19)16-20)22-13-5-10-18-9-3-4-12-21(18)22;4-2-1-3-5;/h2*3-6,9-17H,1-2,7-8H2;2,4-5H,1,3H2;. The van der Waals surface area contributed by atoms with Gasteiger partial charge in [0, 0.05) is 0 Å². The Morgan fingerprint density at radius 3 is 1.37 bits per heavy atom. The van der Waals surface area contributed by atoms with E-state index in [9.17, 15) is 10.2 Å². The van der Waals surface area contributed by atoms with Crippen molar-refractivity contribution < 1.29 is 31.7 Å². The Kier molecular flexibility index (Phi) is 9.38. The molecule has 0 heterocycles. The normalized spacial score (nSPS) is 20.3. The van der Waals surface area contributed by atoms with Crippen molar-refractivity contribution in [2.45, 2.75) is 69.0 Å². The van der Waals surface area contributed by atoms with E-state index in [4.69, 9.17) is 0 Å². The second kappa shape index (κ2) is 14.6. The molecule has 3 heteroatoms. The van der Waals surface area contributed by atoms with Crippen molar-refractivity contribution >= 4 is 33.7 Å². The third-order valence-corrected chi connectivity index (χ3v) is 26.7. The first kappa shape index (κ1) is 34.6. The van der Waals surface area contributed by atoms with Gasteiger partial charge < -0.3 is 0 Å². The number of aliphatic hydroxyl groups excluding tert-OH is 2. The summed E-state index contributed by atoms with van der Waals surface area (Å²) in [5.74, 6) is 1.12. The number of hydrogen-bond donors (Lipinski definition) is 2. The second-order valence-electron chi connectivity index (χ2n) is 16.3. The average molecular weight is 872 g/mol. The molecule has 54 heavy (non-hydrogen) atoms. The van der Waals surface area contributed by atoms with E-state index < -0.39 is 25.3 Å². The molecule has 0 aromatic heterocycles. The Balaban J connectivity index is 1.19. The van der Waals surface area contributed by atoms with Crippen LogP contribution in [0.15, 0.2) is 132 Å². The fourth-order valence-corrected chi connectivity index (χ4v) is 26.1. The molecule has 6 aromatic rings. The Labute approximate surface area is 327 Å². The molecule has 0 bridgehead atoms. The van der Waals surface area contributed by atoms with Gasteiger partial charge in [0.1, 0.15) is 0 Å². The van der Waals surface area contributed by atoms with Crippen LogP contribution in [0.2, 0.25) is 0 Å². The van der Waals surface area contributed by atoms with Crippen LogP contribution in [0.1, 0.15) is 87.4 Å². The molecule has 4 aliphatic carbocycles. The second-order valence-corrected chi connectivity index (χ2v) is 26.5. The van der Waals surface area contributed by atoms with E-state index in [-0.39, 0.29) is 14.0 Å². The SMILES string of the molecule is OCC[CH](O)[Hf]([CH]1C(C2CCCC2)=Cc2c(-c3cccc4ccccc34)cccc21)[CH]1C(C2CCCC2)=Cc2c(-c3cccc4ccccc34)cccc21. The van der Waals surface area contributed by atoms with Gasteiger partial charge in [-0.3, -0.25) is 0 Å². The van der Waals surface area contributed by atoms with E-state index in [0.29, 0.717) is 18.3 Å². The fourth-order valence-electron chi connectivity index (χ4n) is 11.1. The summed E-state index contributed by atoms with van der Waals surface area (Å²) in [5, 5.41) is 28.4. The summed E-state index contributed by atoms with van der Waals surface area (Å²) in [6.45, 7) is 0.0333. The number of benzene rings is 6. The molecule has 4 aliphatic rings. The Morgan fingerprint density at radius 2 is 0.907 bits per heavy atom. The van der Waals surface area contributed by atoms with Crippen molar-refractivity contribution in [2.24, 2.45) is 11.8 Å². The summed E-state index contributed by atoms with van der Waals surface area (Å²) in [6.07, 6.45) is 15.8. The Morgan fingerprint density at radius 1 is 0.500 bits per heavy atom. The van der Waals surface area contributed by atoms with Crippen molar-refractivity contribution in [1.82, 2.24) is 0 Å². The zero-order valence-corrected chi connectivity index (χ0v) is 34.6. The van der Waals surface area contributed by atoms with Crippen LogP contribution >= 0.6 is 0 Å². The van der Waals surface area contributed by atoms with Gasteiger partial charge in [-0.2, -0.15) is 0 Å². The minimum atomic E-state index is -3.36. The molecule has 0 amide bonds. The van der Waals surface area contributed by atoms with Crippen molar-refractivity contribution in [1.29, 1.82) is 0 Å². The molecule has 2 N–H and O–H groups in total. The molecule has 0 radical (unpaired) electrons. The minimum absolute atomic E-state index is 0.0333. The Hall–Kier alpha value is -3.89. The van der Waals surface area contributed by atoms with E-state index in [1.165, 1.54) is 117 Å². The van der Waals surface area contributed by atoms with Gasteiger partial charge in [-0.1, -0.05) is 0 Å². The van der Waals surface area contributed by atoms with Crippen LogP contribution in [0.5, 0.6) is 0 Å². The zero-order chi connectivity index (χ0) is 36.2. The van der Waals surface area contributed by atoms with Gasteiger partial charge in [0.2, 0.25) is 0 Å². The van der Waals surface area contributed by atoms with Crippen molar-refractivity contribution in [2.75, 3.05) is 6.61 Å². The van der Waals surface area contributed by atoms with E-state index in [2.05, 4.69) is 133 Å². The molecule has 269 valence electrons. The first-order chi connectivity index (χ1) is 26.7. The van der Waals surface area contributed by atoms with E-state index >= 15 is 0 Å². The van der Waals surface area contributed by atoms with Crippen LogP contribution < -0.4 is 0 Å². The van der Waals surface area contributed by atoms with Gasteiger partial charge in [-0.05, 0) is 0 Å². The average Bonchev–Trinajstić information content (AvgIpc) is 4.05.